The fourth-order valence-corrected chi connectivity index (χ4v) is 2.95. The Bertz CT molecular complexity index is 386. The molecule has 0 amide bonds. The molecule has 0 radical (unpaired) electrons. The molecule has 0 aromatic carbocycles. The van der Waals surface area contributed by atoms with E-state index in [0.717, 1.165) is 38.0 Å². The van der Waals surface area contributed by atoms with Crippen LogP contribution in [0.15, 0.2) is 18.3 Å². The lowest BCUT2D eigenvalue weighted by Crippen LogP contribution is -2.25. The van der Waals surface area contributed by atoms with Gasteiger partial charge in [-0.05, 0) is 17.9 Å². The normalized spacial score (nSPS) is 26.4. The number of pyridine rings is 1. The highest BCUT2D eigenvalue weighted by atomic mass is 32.1. The van der Waals surface area contributed by atoms with Gasteiger partial charge in [0.2, 0.25) is 5.88 Å². The van der Waals surface area contributed by atoms with E-state index in [1.54, 1.807) is 0 Å². The lowest BCUT2D eigenvalue weighted by Gasteiger charge is -2.19. The molecule has 0 aliphatic carbocycles. The number of rotatable bonds is 4. The topological polar surface area (TPSA) is 37.4 Å². The molecular weight excluding hydrogens is 246 g/mol. The fourth-order valence-electron chi connectivity index (χ4n) is 2.86. The Morgan fingerprint density at radius 1 is 1.33 bits per heavy atom. The number of anilines is 1. The Balaban J connectivity index is 1.63. The summed E-state index contributed by atoms with van der Waals surface area (Å²) in [5.74, 6) is 3.02. The summed E-state index contributed by atoms with van der Waals surface area (Å²) in [5, 5.41) is 3.46. The average molecular weight is 265 g/mol. The minimum Gasteiger partial charge on any atom is -0.477 e. The highest BCUT2D eigenvalue weighted by Crippen LogP contribution is 2.30. The molecule has 2 aliphatic rings. The average Bonchev–Trinajstić information content (AvgIpc) is 2.97. The van der Waals surface area contributed by atoms with Crippen molar-refractivity contribution in [2.24, 2.45) is 11.8 Å². The van der Waals surface area contributed by atoms with Crippen LogP contribution in [0.5, 0.6) is 5.88 Å². The summed E-state index contributed by atoms with van der Waals surface area (Å²) in [5.41, 5.74) is 1.21. The molecule has 2 atom stereocenters. The molecule has 1 aromatic heterocycles. The summed E-state index contributed by atoms with van der Waals surface area (Å²) in [6.45, 7) is 5.23. The van der Waals surface area contributed by atoms with Crippen molar-refractivity contribution in [3.8, 4) is 5.88 Å². The van der Waals surface area contributed by atoms with Gasteiger partial charge < -0.3 is 15.0 Å². The van der Waals surface area contributed by atoms with Crippen molar-refractivity contribution < 1.29 is 4.74 Å². The van der Waals surface area contributed by atoms with Crippen LogP contribution in [0, 0.1) is 11.8 Å². The first-order valence-corrected chi connectivity index (χ1v) is 7.15. The molecule has 0 saturated carbocycles. The number of ether oxygens (including phenoxy) is 1. The Kier molecular flexibility index (Phi) is 3.61. The van der Waals surface area contributed by atoms with Crippen LogP contribution in [0.2, 0.25) is 0 Å². The van der Waals surface area contributed by atoms with Gasteiger partial charge >= 0.3 is 0 Å². The number of hydrogen-bond acceptors (Lipinski definition) is 5. The van der Waals surface area contributed by atoms with Crippen molar-refractivity contribution in [1.29, 1.82) is 0 Å². The molecule has 18 heavy (non-hydrogen) atoms. The van der Waals surface area contributed by atoms with Gasteiger partial charge in [0.05, 0.1) is 18.5 Å². The molecule has 2 unspecified atom stereocenters. The Morgan fingerprint density at radius 3 is 2.72 bits per heavy atom. The molecule has 0 bridgehead atoms. The van der Waals surface area contributed by atoms with Gasteiger partial charge in [-0.3, -0.25) is 0 Å². The van der Waals surface area contributed by atoms with Gasteiger partial charge in [-0.2, -0.15) is 12.6 Å². The molecule has 1 N–H and O–H groups in total. The van der Waals surface area contributed by atoms with Crippen LogP contribution in [-0.4, -0.2) is 43.5 Å². The van der Waals surface area contributed by atoms with E-state index in [1.165, 1.54) is 5.69 Å². The van der Waals surface area contributed by atoms with Crippen LogP contribution >= 0.6 is 12.6 Å². The zero-order valence-electron chi connectivity index (χ0n) is 10.4. The number of fused-ring (bicyclic) bond motifs is 1. The van der Waals surface area contributed by atoms with Crippen molar-refractivity contribution in [1.82, 2.24) is 10.3 Å². The molecule has 2 saturated heterocycles. The van der Waals surface area contributed by atoms with Crippen LogP contribution in [-0.2, 0) is 0 Å². The number of thiol groups is 1. The molecule has 98 valence electrons. The number of hydrogen-bond donors (Lipinski definition) is 2. The molecule has 2 aliphatic heterocycles. The second-order valence-corrected chi connectivity index (χ2v) is 5.46. The lowest BCUT2D eigenvalue weighted by molar-refractivity contribution is 0.331. The maximum absolute atomic E-state index is 5.43. The first-order valence-electron chi connectivity index (χ1n) is 6.52. The summed E-state index contributed by atoms with van der Waals surface area (Å²) in [4.78, 5) is 6.78. The van der Waals surface area contributed by atoms with Crippen molar-refractivity contribution in [3.05, 3.63) is 18.3 Å². The van der Waals surface area contributed by atoms with E-state index in [9.17, 15) is 0 Å². The van der Waals surface area contributed by atoms with E-state index >= 15 is 0 Å². The summed E-state index contributed by atoms with van der Waals surface area (Å²) in [7, 11) is 0. The largest absolute Gasteiger partial charge is 0.477 e. The summed E-state index contributed by atoms with van der Waals surface area (Å²) >= 11 is 4.11. The third-order valence-electron chi connectivity index (χ3n) is 3.82. The number of nitrogens with one attached hydrogen (secondary N) is 1. The minimum atomic E-state index is 0.606. The predicted molar refractivity (Wildman–Crippen MR) is 75.6 cm³/mol. The summed E-state index contributed by atoms with van der Waals surface area (Å²) < 4.78 is 5.43. The maximum atomic E-state index is 5.43. The SMILES string of the molecule is SCCOc1ccc(N2CC3CNCC3C2)cn1. The third-order valence-corrected chi connectivity index (χ3v) is 4.00. The molecule has 0 spiro atoms. The van der Waals surface area contributed by atoms with Crippen molar-refractivity contribution in [2.75, 3.05) is 43.4 Å². The van der Waals surface area contributed by atoms with Crippen LogP contribution in [0.25, 0.3) is 0 Å². The monoisotopic (exact) mass is 265 g/mol. The molecule has 2 fully saturated rings. The van der Waals surface area contributed by atoms with Crippen LogP contribution in [0.1, 0.15) is 0 Å². The smallest absolute Gasteiger partial charge is 0.213 e. The molecule has 3 heterocycles. The Hall–Kier alpha value is -0.940. The van der Waals surface area contributed by atoms with E-state index in [0.29, 0.717) is 18.2 Å². The molecule has 1 aromatic rings. The second-order valence-electron chi connectivity index (χ2n) is 5.01. The highest BCUT2D eigenvalue weighted by Gasteiger charge is 2.36. The first-order chi connectivity index (χ1) is 8.86. The minimum absolute atomic E-state index is 0.606. The van der Waals surface area contributed by atoms with E-state index in [2.05, 4.69) is 33.9 Å². The van der Waals surface area contributed by atoms with Gasteiger partial charge in [0, 0.05) is 38.0 Å². The van der Waals surface area contributed by atoms with Gasteiger partial charge in [-0.25, -0.2) is 4.98 Å². The number of aromatic nitrogens is 1. The molecular formula is C13H19N3OS. The van der Waals surface area contributed by atoms with Gasteiger partial charge in [0.25, 0.3) is 0 Å². The highest BCUT2D eigenvalue weighted by molar-refractivity contribution is 7.80. The second kappa shape index (κ2) is 5.36. The molecule has 3 rings (SSSR count). The standard InChI is InChI=1S/C13H19N3OS/c18-4-3-17-13-2-1-12(7-15-13)16-8-10-5-14-6-11(10)9-16/h1-2,7,10-11,14,18H,3-6,8-9H2. The molecule has 5 heteroatoms. The zero-order valence-corrected chi connectivity index (χ0v) is 11.3. The van der Waals surface area contributed by atoms with Gasteiger partial charge in [0.1, 0.15) is 0 Å². The third kappa shape index (κ3) is 2.42. The lowest BCUT2D eigenvalue weighted by atomic mass is 10.0. The number of nitrogens with zero attached hydrogens (tertiary/aromatic N) is 2. The van der Waals surface area contributed by atoms with E-state index < -0.39 is 0 Å². The van der Waals surface area contributed by atoms with E-state index in [-0.39, 0.29) is 0 Å². The van der Waals surface area contributed by atoms with Crippen molar-refractivity contribution >= 4 is 18.3 Å². The van der Waals surface area contributed by atoms with E-state index in [4.69, 9.17) is 4.74 Å². The maximum Gasteiger partial charge on any atom is 0.213 e. The zero-order chi connectivity index (χ0) is 12.4. The quantitative estimate of drug-likeness (QED) is 0.798. The van der Waals surface area contributed by atoms with Crippen LogP contribution < -0.4 is 15.0 Å². The van der Waals surface area contributed by atoms with Crippen molar-refractivity contribution in [2.45, 2.75) is 0 Å². The predicted octanol–water partition coefficient (Wildman–Crippen LogP) is 1.05. The Labute approximate surface area is 113 Å². The van der Waals surface area contributed by atoms with Crippen LogP contribution in [0.4, 0.5) is 5.69 Å². The van der Waals surface area contributed by atoms with Crippen molar-refractivity contribution in [3.63, 3.8) is 0 Å². The fraction of sp³-hybridized carbons (Fsp3) is 0.615. The van der Waals surface area contributed by atoms with Gasteiger partial charge in [-0.1, -0.05) is 0 Å². The van der Waals surface area contributed by atoms with Crippen LogP contribution in [0.3, 0.4) is 0 Å². The Morgan fingerprint density at radius 2 is 2.11 bits per heavy atom. The van der Waals surface area contributed by atoms with E-state index in [1.807, 2.05) is 12.3 Å². The summed E-state index contributed by atoms with van der Waals surface area (Å²) in [6, 6.07) is 4.06. The summed E-state index contributed by atoms with van der Waals surface area (Å²) in [6.07, 6.45) is 1.92. The molecule has 4 nitrogen and oxygen atoms in total. The van der Waals surface area contributed by atoms with Gasteiger partial charge in [-0.15, -0.1) is 0 Å². The van der Waals surface area contributed by atoms with Gasteiger partial charge in [0.15, 0.2) is 0 Å². The first kappa shape index (κ1) is 12.1.